The average Bonchev–Trinajstić information content (AvgIpc) is 1.21. The van der Waals surface area contributed by atoms with Crippen molar-refractivity contribution in [2.45, 2.75) is 0 Å². The first-order valence-electron chi connectivity index (χ1n) is 2.24. The normalized spacial score (nSPS) is 11.2. The molecule has 0 atom stereocenters. The summed E-state index contributed by atoms with van der Waals surface area (Å²) in [6.07, 6.45) is 0.0208. The Morgan fingerprint density at radius 1 is 1.62 bits per heavy atom. The smallest absolute Gasteiger partial charge is 0.168 e. The molecule has 0 N–H and O–H groups in total. The minimum absolute atomic E-state index is 0.0208. The standard InChI is InChI=1S/C4H8BO2P/c1-8(2,7)3-4(5)6/h3H2,1-2H3. The molecular formula is C4H8BO2P. The van der Waals surface area contributed by atoms with Crippen LogP contribution in [0.25, 0.3) is 0 Å². The summed E-state index contributed by atoms with van der Waals surface area (Å²) >= 11 is 0. The quantitative estimate of drug-likeness (QED) is 0.398. The Morgan fingerprint density at radius 3 is 2.00 bits per heavy atom. The van der Waals surface area contributed by atoms with E-state index in [1.807, 2.05) is 0 Å². The van der Waals surface area contributed by atoms with Crippen molar-refractivity contribution < 1.29 is 9.36 Å². The highest BCUT2D eigenvalue weighted by Gasteiger charge is 2.08. The fourth-order valence-corrected chi connectivity index (χ4v) is 1.13. The third-order valence-electron chi connectivity index (χ3n) is 0.537. The second kappa shape index (κ2) is 2.50. The number of hydrogen-bond acceptors (Lipinski definition) is 2. The molecule has 0 saturated carbocycles. The van der Waals surface area contributed by atoms with Gasteiger partial charge >= 0.3 is 0 Å². The summed E-state index contributed by atoms with van der Waals surface area (Å²) in [5, 5.41) is 0. The molecule has 0 fully saturated rings. The van der Waals surface area contributed by atoms with Gasteiger partial charge < -0.3 is 9.36 Å². The minimum Gasteiger partial charge on any atom is -0.324 e. The molecule has 0 bridgehead atoms. The molecule has 0 rings (SSSR count). The van der Waals surface area contributed by atoms with Crippen molar-refractivity contribution >= 4 is 20.7 Å². The summed E-state index contributed by atoms with van der Waals surface area (Å²) in [5.74, 6) is 0. The van der Waals surface area contributed by atoms with Gasteiger partial charge in [-0.15, -0.1) is 0 Å². The first kappa shape index (κ1) is 7.96. The van der Waals surface area contributed by atoms with Crippen molar-refractivity contribution in [1.82, 2.24) is 0 Å². The van der Waals surface area contributed by atoms with E-state index in [2.05, 4.69) is 0 Å². The predicted octanol–water partition coefficient (Wildman–Crippen LogP) is 0.304. The molecule has 0 spiro atoms. The summed E-state index contributed by atoms with van der Waals surface area (Å²) in [6.45, 7) is 3.08. The monoisotopic (exact) mass is 130 g/mol. The van der Waals surface area contributed by atoms with E-state index < -0.39 is 12.8 Å². The van der Waals surface area contributed by atoms with Crippen molar-refractivity contribution in [3.63, 3.8) is 0 Å². The maximum absolute atomic E-state index is 10.7. The fraction of sp³-hybridized carbons (Fsp3) is 0.750. The first-order valence-corrected chi connectivity index (χ1v) is 5.03. The molecule has 0 aliphatic rings. The van der Waals surface area contributed by atoms with Crippen molar-refractivity contribution in [1.29, 1.82) is 0 Å². The summed E-state index contributed by atoms with van der Waals surface area (Å²) in [6, 6.07) is 0. The molecule has 0 heterocycles. The van der Waals surface area contributed by atoms with Crippen LogP contribution < -0.4 is 0 Å². The van der Waals surface area contributed by atoms with Gasteiger partial charge in [0.05, 0.1) is 12.8 Å². The molecule has 0 aliphatic heterocycles. The summed E-state index contributed by atoms with van der Waals surface area (Å²) < 4.78 is 10.7. The van der Waals surface area contributed by atoms with Crippen LogP contribution >= 0.6 is 7.14 Å². The van der Waals surface area contributed by atoms with Gasteiger partial charge in [0.25, 0.3) is 0 Å². The Balaban J connectivity index is 3.74. The number of carbonyl (C=O) groups is 1. The molecule has 0 unspecified atom stereocenters. The molecule has 0 aliphatic carbocycles. The molecule has 2 radical (unpaired) electrons. The second-order valence-corrected chi connectivity index (χ2v) is 5.66. The Bertz CT molecular complexity index is 137. The molecule has 0 aromatic rings. The zero-order valence-electron chi connectivity index (χ0n) is 5.05. The van der Waals surface area contributed by atoms with E-state index in [1.165, 1.54) is 13.3 Å². The molecule has 0 aromatic heterocycles. The lowest BCUT2D eigenvalue weighted by Gasteiger charge is -1.99. The minimum atomic E-state index is -2.20. The van der Waals surface area contributed by atoms with Crippen LogP contribution in [0.15, 0.2) is 0 Å². The first-order chi connectivity index (χ1) is 3.42. The predicted molar refractivity (Wildman–Crippen MR) is 35.1 cm³/mol. The Morgan fingerprint density at radius 2 is 2.00 bits per heavy atom. The largest absolute Gasteiger partial charge is 0.324 e. The zero-order valence-corrected chi connectivity index (χ0v) is 5.94. The average molecular weight is 130 g/mol. The highest BCUT2D eigenvalue weighted by Crippen LogP contribution is 2.34. The molecule has 8 heavy (non-hydrogen) atoms. The molecule has 0 amide bonds. The molecule has 0 aromatic carbocycles. The third-order valence-corrected chi connectivity index (χ3v) is 1.61. The van der Waals surface area contributed by atoms with Crippen molar-refractivity contribution in [2.75, 3.05) is 19.5 Å². The van der Waals surface area contributed by atoms with Crippen LogP contribution in [-0.4, -0.2) is 33.0 Å². The van der Waals surface area contributed by atoms with E-state index in [0.29, 0.717) is 0 Å². The lowest BCUT2D eigenvalue weighted by Crippen LogP contribution is -2.02. The van der Waals surface area contributed by atoms with Crippen molar-refractivity contribution in [3.05, 3.63) is 0 Å². The fourth-order valence-electron chi connectivity index (χ4n) is 0.375. The lowest BCUT2D eigenvalue weighted by molar-refractivity contribution is -0.109. The van der Waals surface area contributed by atoms with Gasteiger partial charge in [0.1, 0.15) is 0 Å². The van der Waals surface area contributed by atoms with Crippen molar-refractivity contribution in [3.8, 4) is 0 Å². The Hall–Kier alpha value is -0.0351. The molecule has 2 nitrogen and oxygen atoms in total. The van der Waals surface area contributed by atoms with E-state index in [9.17, 15) is 9.36 Å². The Kier molecular flexibility index (Phi) is 2.48. The van der Waals surface area contributed by atoms with Crippen LogP contribution in [0.4, 0.5) is 0 Å². The lowest BCUT2D eigenvalue weighted by atomic mass is 10.1. The van der Waals surface area contributed by atoms with Crippen LogP contribution in [-0.2, 0) is 9.36 Å². The summed E-state index contributed by atoms with van der Waals surface area (Å²) in [7, 11) is 2.57. The highest BCUT2D eigenvalue weighted by atomic mass is 31.2. The van der Waals surface area contributed by atoms with Gasteiger partial charge in [0, 0.05) is 6.16 Å². The van der Waals surface area contributed by atoms with E-state index in [1.54, 1.807) is 0 Å². The number of rotatable bonds is 2. The zero-order chi connectivity index (χ0) is 6.78. The topological polar surface area (TPSA) is 34.1 Å². The number of carbonyl (C=O) groups excluding carboxylic acids is 1. The molecule has 0 saturated heterocycles. The molecule has 44 valence electrons. The van der Waals surface area contributed by atoms with Gasteiger partial charge in [0.2, 0.25) is 0 Å². The van der Waals surface area contributed by atoms with E-state index in [-0.39, 0.29) is 6.16 Å². The SMILES string of the molecule is [B]C(=O)CP(C)(C)=O. The van der Waals surface area contributed by atoms with Gasteiger partial charge in [-0.05, 0) is 13.3 Å². The highest BCUT2D eigenvalue weighted by molar-refractivity contribution is 7.63. The third kappa shape index (κ3) is 5.96. The van der Waals surface area contributed by atoms with Gasteiger partial charge in [-0.25, -0.2) is 0 Å². The molecular weight excluding hydrogens is 122 g/mol. The van der Waals surface area contributed by atoms with Crippen LogP contribution in [0, 0.1) is 0 Å². The molecule has 4 heteroatoms. The van der Waals surface area contributed by atoms with Gasteiger partial charge in [-0.1, -0.05) is 0 Å². The van der Waals surface area contributed by atoms with E-state index in [4.69, 9.17) is 7.85 Å². The van der Waals surface area contributed by atoms with E-state index in [0.717, 1.165) is 0 Å². The van der Waals surface area contributed by atoms with Crippen LogP contribution in [0.1, 0.15) is 0 Å². The van der Waals surface area contributed by atoms with E-state index >= 15 is 0 Å². The van der Waals surface area contributed by atoms with Crippen molar-refractivity contribution in [2.24, 2.45) is 0 Å². The van der Waals surface area contributed by atoms with Crippen LogP contribution in [0.3, 0.4) is 0 Å². The Labute approximate surface area is 50.4 Å². The maximum Gasteiger partial charge on any atom is 0.168 e. The van der Waals surface area contributed by atoms with Gasteiger partial charge in [-0.2, -0.15) is 0 Å². The summed E-state index contributed by atoms with van der Waals surface area (Å²) in [5.41, 5.74) is -0.488. The van der Waals surface area contributed by atoms with Gasteiger partial charge in [-0.3, -0.25) is 0 Å². The summed E-state index contributed by atoms with van der Waals surface area (Å²) in [4.78, 5) is 10.1. The maximum atomic E-state index is 10.7. The van der Waals surface area contributed by atoms with Crippen LogP contribution in [0.5, 0.6) is 0 Å². The second-order valence-electron chi connectivity index (χ2n) is 2.20. The number of hydrogen-bond donors (Lipinski definition) is 0. The van der Waals surface area contributed by atoms with Crippen LogP contribution in [0.2, 0.25) is 0 Å². The van der Waals surface area contributed by atoms with Gasteiger partial charge in [0.15, 0.2) is 7.85 Å².